The molecule has 3 rings (SSSR count). The van der Waals surface area contributed by atoms with Gasteiger partial charge < -0.3 is 15.4 Å². The Kier molecular flexibility index (Phi) is 5.84. The lowest BCUT2D eigenvalue weighted by molar-refractivity contribution is -0.383. The third-order valence-electron chi connectivity index (χ3n) is 5.39. The molecule has 2 heterocycles. The molecule has 11 heteroatoms. The van der Waals surface area contributed by atoms with E-state index in [9.17, 15) is 23.3 Å². The minimum Gasteiger partial charge on any atom is -0.384 e. The third-order valence-corrected chi connectivity index (χ3v) is 5.39. The Hall–Kier alpha value is -2.95. The lowest BCUT2D eigenvalue weighted by atomic mass is 9.69. The number of pyridine rings is 2. The summed E-state index contributed by atoms with van der Waals surface area (Å²) in [5.41, 5.74) is 4.71. The molecule has 1 aliphatic carbocycles. The average molecular weight is 425 g/mol. The molecule has 2 aromatic rings. The summed E-state index contributed by atoms with van der Waals surface area (Å²) >= 11 is 0. The highest BCUT2D eigenvalue weighted by atomic mass is 19.4. The van der Waals surface area contributed by atoms with Gasteiger partial charge in [-0.1, -0.05) is 6.42 Å². The number of halogens is 3. The summed E-state index contributed by atoms with van der Waals surface area (Å²) in [6.07, 6.45) is 0.222. The Bertz CT molecular complexity index is 947. The molecule has 0 saturated heterocycles. The summed E-state index contributed by atoms with van der Waals surface area (Å²) in [6.45, 7) is 0.988. The van der Waals surface area contributed by atoms with Gasteiger partial charge in [0, 0.05) is 44.1 Å². The van der Waals surface area contributed by atoms with Crippen LogP contribution in [0.25, 0.3) is 11.3 Å². The minimum absolute atomic E-state index is 0.0660. The number of nitrogen functional groups attached to an aromatic ring is 1. The van der Waals surface area contributed by atoms with Crippen molar-refractivity contribution < 1.29 is 22.8 Å². The number of rotatable bonds is 7. The number of nitro groups is 1. The smallest absolute Gasteiger partial charge is 0.384 e. The predicted molar refractivity (Wildman–Crippen MR) is 105 cm³/mol. The highest BCUT2D eigenvalue weighted by Crippen LogP contribution is 2.44. The lowest BCUT2D eigenvalue weighted by Crippen LogP contribution is -2.44. The highest BCUT2D eigenvalue weighted by molar-refractivity contribution is 5.78. The maximum Gasteiger partial charge on any atom is 0.417 e. The van der Waals surface area contributed by atoms with Crippen molar-refractivity contribution >= 4 is 17.2 Å². The van der Waals surface area contributed by atoms with Crippen molar-refractivity contribution in [1.82, 2.24) is 9.97 Å². The molecular weight excluding hydrogens is 403 g/mol. The van der Waals surface area contributed by atoms with E-state index in [1.807, 2.05) is 0 Å². The number of methoxy groups -OCH3 is 1. The standard InChI is InChI=1S/C19H22F3N5O3/c1-26(10-18(11-30-2)4-3-5-18)15-7-14(25-17(23)16(15)27(28)29)12-6-13(9-24-8-12)19(20,21)22/h6-9H,3-5,10-11H2,1-2H3,(H2,23,25). The van der Waals surface area contributed by atoms with E-state index in [1.165, 1.54) is 12.3 Å². The van der Waals surface area contributed by atoms with Crippen LogP contribution in [0.4, 0.5) is 30.4 Å². The van der Waals surface area contributed by atoms with E-state index in [1.54, 1.807) is 19.1 Å². The normalized spacial score (nSPS) is 15.5. The van der Waals surface area contributed by atoms with Gasteiger partial charge in [-0.2, -0.15) is 13.2 Å². The first-order valence-electron chi connectivity index (χ1n) is 9.24. The molecule has 8 nitrogen and oxygen atoms in total. The number of hydrogen-bond donors (Lipinski definition) is 1. The van der Waals surface area contributed by atoms with E-state index in [2.05, 4.69) is 9.97 Å². The Morgan fingerprint density at radius 3 is 2.57 bits per heavy atom. The zero-order valence-corrected chi connectivity index (χ0v) is 16.6. The fraction of sp³-hybridized carbons (Fsp3) is 0.474. The van der Waals surface area contributed by atoms with Gasteiger partial charge >= 0.3 is 11.9 Å². The Morgan fingerprint density at radius 2 is 2.03 bits per heavy atom. The van der Waals surface area contributed by atoms with Crippen LogP contribution in [0.3, 0.4) is 0 Å². The zero-order chi connectivity index (χ0) is 22.1. The molecule has 0 radical (unpaired) electrons. The van der Waals surface area contributed by atoms with Crippen LogP contribution < -0.4 is 10.6 Å². The summed E-state index contributed by atoms with van der Waals surface area (Å²) in [7, 11) is 3.29. The summed E-state index contributed by atoms with van der Waals surface area (Å²) < 4.78 is 44.5. The molecule has 0 unspecified atom stereocenters. The van der Waals surface area contributed by atoms with Crippen LogP contribution in [0.1, 0.15) is 24.8 Å². The molecule has 0 aromatic carbocycles. The number of anilines is 2. The molecule has 0 bridgehead atoms. The first kappa shape index (κ1) is 21.8. The third kappa shape index (κ3) is 4.30. The van der Waals surface area contributed by atoms with Crippen molar-refractivity contribution in [1.29, 1.82) is 0 Å². The molecule has 2 N–H and O–H groups in total. The SMILES string of the molecule is COCC1(CN(C)c2cc(-c3cncc(C(F)(F)F)c3)nc(N)c2[N+](=O)[O-])CCC1. The topological polar surface area (TPSA) is 107 Å². The number of hydrogen-bond acceptors (Lipinski definition) is 7. The zero-order valence-electron chi connectivity index (χ0n) is 16.6. The molecule has 162 valence electrons. The van der Waals surface area contributed by atoms with E-state index >= 15 is 0 Å². The fourth-order valence-corrected chi connectivity index (χ4v) is 3.82. The van der Waals surface area contributed by atoms with Crippen molar-refractivity contribution in [2.24, 2.45) is 5.41 Å². The monoisotopic (exact) mass is 425 g/mol. The number of nitrogens with zero attached hydrogens (tertiary/aromatic N) is 4. The highest BCUT2D eigenvalue weighted by Gasteiger charge is 2.39. The summed E-state index contributed by atoms with van der Waals surface area (Å²) in [5, 5.41) is 11.6. The van der Waals surface area contributed by atoms with Crippen LogP contribution in [-0.2, 0) is 10.9 Å². The molecule has 0 amide bonds. The summed E-state index contributed by atoms with van der Waals surface area (Å²) in [4.78, 5) is 20.3. The molecule has 2 aromatic heterocycles. The van der Waals surface area contributed by atoms with Crippen molar-refractivity contribution in [3.8, 4) is 11.3 Å². The van der Waals surface area contributed by atoms with Crippen molar-refractivity contribution in [2.75, 3.05) is 37.9 Å². The van der Waals surface area contributed by atoms with Gasteiger partial charge in [0.05, 0.1) is 22.8 Å². The van der Waals surface area contributed by atoms with E-state index in [0.717, 1.165) is 25.3 Å². The fourth-order valence-electron chi connectivity index (χ4n) is 3.82. The number of aromatic nitrogens is 2. The van der Waals surface area contributed by atoms with Crippen LogP contribution >= 0.6 is 0 Å². The largest absolute Gasteiger partial charge is 0.417 e. The maximum absolute atomic E-state index is 13.0. The maximum atomic E-state index is 13.0. The van der Waals surface area contributed by atoms with Crippen LogP contribution in [0.2, 0.25) is 0 Å². The van der Waals surface area contributed by atoms with Crippen molar-refractivity contribution in [2.45, 2.75) is 25.4 Å². The lowest BCUT2D eigenvalue weighted by Gasteiger charge is -2.44. The van der Waals surface area contributed by atoms with E-state index in [4.69, 9.17) is 10.5 Å². The second-order valence-corrected chi connectivity index (χ2v) is 7.62. The van der Waals surface area contributed by atoms with Gasteiger partial charge in [-0.3, -0.25) is 15.1 Å². The first-order valence-corrected chi connectivity index (χ1v) is 9.24. The van der Waals surface area contributed by atoms with Crippen LogP contribution in [0, 0.1) is 15.5 Å². The van der Waals surface area contributed by atoms with Crippen LogP contribution in [0.15, 0.2) is 24.5 Å². The van der Waals surface area contributed by atoms with Gasteiger partial charge in [0.1, 0.15) is 5.69 Å². The quantitative estimate of drug-likeness (QED) is 0.529. The van der Waals surface area contributed by atoms with Crippen molar-refractivity contribution in [3.63, 3.8) is 0 Å². The average Bonchev–Trinajstić information content (AvgIpc) is 2.64. The van der Waals surface area contributed by atoms with Crippen molar-refractivity contribution in [3.05, 3.63) is 40.2 Å². The van der Waals surface area contributed by atoms with E-state index < -0.39 is 16.7 Å². The Morgan fingerprint density at radius 1 is 1.33 bits per heavy atom. The van der Waals surface area contributed by atoms with Crippen LogP contribution in [-0.4, -0.2) is 42.2 Å². The molecule has 0 spiro atoms. The van der Waals surface area contributed by atoms with Gasteiger partial charge in [-0.25, -0.2) is 4.98 Å². The van der Waals surface area contributed by atoms with Gasteiger partial charge in [0.15, 0.2) is 0 Å². The molecule has 1 aliphatic rings. The minimum atomic E-state index is -4.58. The number of nitrogens with two attached hydrogens (primary N) is 1. The number of alkyl halides is 3. The Labute approximate surface area is 171 Å². The number of ether oxygens (including phenoxy) is 1. The molecule has 0 aliphatic heterocycles. The predicted octanol–water partition coefficient (Wildman–Crippen LogP) is 3.91. The summed E-state index contributed by atoms with van der Waals surface area (Å²) in [5.74, 6) is -0.369. The first-order chi connectivity index (χ1) is 14.1. The second-order valence-electron chi connectivity index (χ2n) is 7.62. The van der Waals surface area contributed by atoms with E-state index in [-0.39, 0.29) is 33.9 Å². The van der Waals surface area contributed by atoms with Gasteiger partial charge in [0.2, 0.25) is 5.82 Å². The molecule has 0 atom stereocenters. The van der Waals surface area contributed by atoms with Gasteiger partial charge in [0.25, 0.3) is 0 Å². The van der Waals surface area contributed by atoms with E-state index in [0.29, 0.717) is 19.3 Å². The molecule has 1 saturated carbocycles. The van der Waals surface area contributed by atoms with Gasteiger partial charge in [-0.05, 0) is 25.0 Å². The van der Waals surface area contributed by atoms with Crippen LogP contribution in [0.5, 0.6) is 0 Å². The molecule has 1 fully saturated rings. The second kappa shape index (κ2) is 8.05. The Balaban J connectivity index is 2.04. The molecule has 30 heavy (non-hydrogen) atoms. The van der Waals surface area contributed by atoms with Gasteiger partial charge in [-0.15, -0.1) is 0 Å². The molecular formula is C19H22F3N5O3. The summed E-state index contributed by atoms with van der Waals surface area (Å²) in [6, 6.07) is 2.27.